The number of hydrogen-bond acceptors (Lipinski definition) is 2. The van der Waals surface area contributed by atoms with E-state index in [0.717, 1.165) is 0 Å². The van der Waals surface area contributed by atoms with Crippen LogP contribution < -0.4 is 10.9 Å². The van der Waals surface area contributed by atoms with Crippen LogP contribution in [0.25, 0.3) is 10.9 Å². The van der Waals surface area contributed by atoms with Crippen LogP contribution in [0, 0.1) is 6.92 Å². The van der Waals surface area contributed by atoms with E-state index in [9.17, 15) is 4.79 Å². The number of aromatic nitrogens is 2. The number of halogens is 1. The fraction of sp³-hybridized carbons (Fsp3) is 0.130. The van der Waals surface area contributed by atoms with Crippen molar-refractivity contribution in [2.24, 2.45) is 0 Å². The van der Waals surface area contributed by atoms with Gasteiger partial charge in [0.2, 0.25) is 0 Å². The van der Waals surface area contributed by atoms with Gasteiger partial charge in [-0.2, -0.15) is 0 Å². The summed E-state index contributed by atoms with van der Waals surface area (Å²) in [5.74, 6) is 0.632. The van der Waals surface area contributed by atoms with Crippen LogP contribution in [-0.2, 0) is 6.54 Å². The second-order valence-electron chi connectivity index (χ2n) is 6.91. The van der Waals surface area contributed by atoms with Gasteiger partial charge in [-0.25, -0.2) is 4.98 Å². The number of nitrogens with zero attached hydrogens (tertiary/aromatic N) is 1. The van der Waals surface area contributed by atoms with Crippen molar-refractivity contribution in [2.75, 3.05) is 0 Å². The van der Waals surface area contributed by atoms with Crippen LogP contribution in [0.3, 0.4) is 0 Å². The fourth-order valence-corrected chi connectivity index (χ4v) is 3.55. The molecule has 0 radical (unpaired) electrons. The molecule has 0 bridgehead atoms. The molecular formula is C23H21ClN3O+. The van der Waals surface area contributed by atoms with Crippen molar-refractivity contribution < 1.29 is 5.32 Å². The van der Waals surface area contributed by atoms with Gasteiger partial charge < -0.3 is 10.3 Å². The molecule has 0 fully saturated rings. The van der Waals surface area contributed by atoms with E-state index < -0.39 is 0 Å². The van der Waals surface area contributed by atoms with Gasteiger partial charge in [0.1, 0.15) is 12.6 Å². The molecule has 4 aromatic rings. The molecule has 5 heteroatoms. The maximum atomic E-state index is 12.4. The van der Waals surface area contributed by atoms with E-state index >= 15 is 0 Å². The number of H-pyrrole nitrogens is 1. The second-order valence-corrected chi connectivity index (χ2v) is 7.35. The van der Waals surface area contributed by atoms with Crippen molar-refractivity contribution in [2.45, 2.75) is 19.5 Å². The Labute approximate surface area is 168 Å². The third kappa shape index (κ3) is 3.98. The molecule has 1 aromatic heterocycles. The second kappa shape index (κ2) is 7.97. The van der Waals surface area contributed by atoms with Crippen molar-refractivity contribution >= 4 is 22.5 Å². The topological polar surface area (TPSA) is 62.4 Å². The Morgan fingerprint density at radius 2 is 1.71 bits per heavy atom. The van der Waals surface area contributed by atoms with Crippen LogP contribution in [0.1, 0.15) is 28.6 Å². The van der Waals surface area contributed by atoms with E-state index in [4.69, 9.17) is 11.6 Å². The number of fused-ring (bicyclic) bond motifs is 1. The molecule has 0 amide bonds. The normalized spacial score (nSPS) is 12.2. The van der Waals surface area contributed by atoms with Gasteiger partial charge in [0, 0.05) is 16.1 Å². The average molecular weight is 391 g/mol. The van der Waals surface area contributed by atoms with Gasteiger partial charge >= 0.3 is 0 Å². The highest BCUT2D eigenvalue weighted by atomic mass is 35.5. The molecule has 0 aliphatic rings. The summed E-state index contributed by atoms with van der Waals surface area (Å²) < 4.78 is 0. The predicted molar refractivity (Wildman–Crippen MR) is 112 cm³/mol. The summed E-state index contributed by atoms with van der Waals surface area (Å²) in [6.45, 7) is 2.63. The van der Waals surface area contributed by atoms with Gasteiger partial charge in [0.05, 0.1) is 10.9 Å². The monoisotopic (exact) mass is 390 g/mol. The highest BCUT2D eigenvalue weighted by Gasteiger charge is 2.18. The van der Waals surface area contributed by atoms with Gasteiger partial charge in [-0.1, -0.05) is 71.8 Å². The van der Waals surface area contributed by atoms with Crippen LogP contribution in [0.2, 0.25) is 5.02 Å². The Hall–Kier alpha value is -2.95. The maximum Gasteiger partial charge on any atom is 0.258 e. The molecule has 1 atom stereocenters. The van der Waals surface area contributed by atoms with Crippen LogP contribution >= 0.6 is 11.6 Å². The number of rotatable bonds is 5. The molecule has 28 heavy (non-hydrogen) atoms. The summed E-state index contributed by atoms with van der Waals surface area (Å²) in [5, 5.41) is 3.31. The smallest absolute Gasteiger partial charge is 0.258 e. The van der Waals surface area contributed by atoms with E-state index in [2.05, 4.69) is 58.6 Å². The number of aromatic amines is 1. The molecule has 0 saturated heterocycles. The minimum absolute atomic E-state index is 0.113. The van der Waals surface area contributed by atoms with Crippen LogP contribution in [0.15, 0.2) is 77.6 Å². The van der Waals surface area contributed by atoms with Crippen LogP contribution in [-0.4, -0.2) is 9.97 Å². The first-order valence-electron chi connectivity index (χ1n) is 9.23. The SMILES string of the molecule is Cc1ccc([C@H]([NH2+]Cc2nc3cc(Cl)ccc3c(=O)[nH]2)c2ccccc2)cc1. The lowest BCUT2D eigenvalue weighted by molar-refractivity contribution is -0.703. The molecule has 0 aliphatic carbocycles. The molecule has 1 heterocycles. The molecule has 4 nitrogen and oxygen atoms in total. The minimum Gasteiger partial charge on any atom is -0.330 e. The largest absolute Gasteiger partial charge is 0.330 e. The fourth-order valence-electron chi connectivity index (χ4n) is 3.39. The third-order valence-corrected chi connectivity index (χ3v) is 5.09. The first-order chi connectivity index (χ1) is 13.6. The lowest BCUT2D eigenvalue weighted by Crippen LogP contribution is -2.84. The standard InChI is InChI=1S/C23H20ClN3O/c1-15-7-9-17(10-8-15)22(16-5-3-2-4-6-16)25-14-21-26-20-13-18(24)11-12-19(20)23(28)27-21/h2-13,22,25H,14H2,1H3,(H,26,27,28)/p+1/t22-/m1/s1. The number of nitrogens with two attached hydrogens (primary N) is 1. The Balaban J connectivity index is 1.65. The maximum absolute atomic E-state index is 12.4. The molecule has 4 rings (SSSR count). The van der Waals surface area contributed by atoms with E-state index in [1.807, 2.05) is 18.2 Å². The van der Waals surface area contributed by atoms with Crippen molar-refractivity contribution in [1.82, 2.24) is 9.97 Å². The Kier molecular flexibility index (Phi) is 5.24. The van der Waals surface area contributed by atoms with Gasteiger partial charge in [-0.3, -0.25) is 4.79 Å². The summed E-state index contributed by atoms with van der Waals surface area (Å²) in [6.07, 6.45) is 0. The Morgan fingerprint density at radius 3 is 2.46 bits per heavy atom. The van der Waals surface area contributed by atoms with Crippen LogP contribution in [0.5, 0.6) is 0 Å². The van der Waals surface area contributed by atoms with Crippen molar-refractivity contribution in [3.63, 3.8) is 0 Å². The lowest BCUT2D eigenvalue weighted by Gasteiger charge is -2.17. The van der Waals surface area contributed by atoms with Gasteiger partial charge in [0.15, 0.2) is 5.82 Å². The zero-order valence-corrected chi connectivity index (χ0v) is 16.3. The summed E-state index contributed by atoms with van der Waals surface area (Å²) in [6, 6.07) is 24.1. The molecule has 0 saturated carbocycles. The zero-order chi connectivity index (χ0) is 19.5. The molecule has 0 spiro atoms. The number of hydrogen-bond donors (Lipinski definition) is 2. The van der Waals surface area contributed by atoms with Crippen LogP contribution in [0.4, 0.5) is 0 Å². The molecule has 3 N–H and O–H groups in total. The highest BCUT2D eigenvalue weighted by molar-refractivity contribution is 6.31. The van der Waals surface area contributed by atoms with Gasteiger partial charge in [-0.05, 0) is 25.1 Å². The van der Waals surface area contributed by atoms with E-state index in [0.29, 0.717) is 28.3 Å². The summed E-state index contributed by atoms with van der Waals surface area (Å²) in [5.41, 5.74) is 4.12. The number of aryl methyl sites for hydroxylation is 1. The average Bonchev–Trinajstić information content (AvgIpc) is 2.70. The summed E-state index contributed by atoms with van der Waals surface area (Å²) in [7, 11) is 0. The Morgan fingerprint density at radius 1 is 1.00 bits per heavy atom. The molecule has 0 unspecified atom stereocenters. The number of nitrogens with one attached hydrogen (secondary N) is 1. The highest BCUT2D eigenvalue weighted by Crippen LogP contribution is 2.19. The summed E-state index contributed by atoms with van der Waals surface area (Å²) >= 11 is 6.06. The minimum atomic E-state index is -0.142. The molecular weight excluding hydrogens is 370 g/mol. The third-order valence-electron chi connectivity index (χ3n) is 4.86. The first-order valence-corrected chi connectivity index (χ1v) is 9.61. The molecule has 3 aromatic carbocycles. The molecule has 0 aliphatic heterocycles. The summed E-state index contributed by atoms with van der Waals surface area (Å²) in [4.78, 5) is 19.9. The van der Waals surface area contributed by atoms with Crippen molar-refractivity contribution in [1.29, 1.82) is 0 Å². The Bertz CT molecular complexity index is 1150. The first kappa shape index (κ1) is 18.4. The van der Waals surface area contributed by atoms with Crippen molar-refractivity contribution in [3.05, 3.63) is 111 Å². The number of benzene rings is 3. The predicted octanol–water partition coefficient (Wildman–Crippen LogP) is 3.74. The zero-order valence-electron chi connectivity index (χ0n) is 15.5. The van der Waals surface area contributed by atoms with E-state index in [1.165, 1.54) is 16.7 Å². The number of quaternary nitrogens is 1. The van der Waals surface area contributed by atoms with E-state index in [1.54, 1.807) is 18.2 Å². The van der Waals surface area contributed by atoms with Gasteiger partial charge in [0.25, 0.3) is 5.56 Å². The van der Waals surface area contributed by atoms with Crippen molar-refractivity contribution in [3.8, 4) is 0 Å². The quantitative estimate of drug-likeness (QED) is 0.545. The van der Waals surface area contributed by atoms with E-state index in [-0.39, 0.29) is 11.6 Å². The van der Waals surface area contributed by atoms with Gasteiger partial charge in [-0.15, -0.1) is 0 Å². The lowest BCUT2D eigenvalue weighted by atomic mass is 9.98. The molecule has 140 valence electrons.